The number of amides is 4. The van der Waals surface area contributed by atoms with E-state index in [0.29, 0.717) is 65.8 Å². The number of ether oxygens (including phenoxy) is 3. The number of rotatable bonds is 11. The predicted octanol–water partition coefficient (Wildman–Crippen LogP) is 8.26. The Kier molecular flexibility index (Phi) is 12.0. The van der Waals surface area contributed by atoms with Gasteiger partial charge in [-0.1, -0.05) is 33.8 Å². The van der Waals surface area contributed by atoms with E-state index < -0.39 is 36.3 Å². The van der Waals surface area contributed by atoms with Gasteiger partial charge in [0.15, 0.2) is 0 Å². The molecule has 18 nitrogen and oxygen atoms in total. The van der Waals surface area contributed by atoms with Gasteiger partial charge in [-0.05, 0) is 73.9 Å². The summed E-state index contributed by atoms with van der Waals surface area (Å²) in [4.78, 5) is 82.3. The Morgan fingerprint density at radius 2 is 1.36 bits per heavy atom. The monoisotopic (exact) mass is 957 g/mol. The van der Waals surface area contributed by atoms with Gasteiger partial charge >= 0.3 is 12.2 Å². The predicted molar refractivity (Wildman–Crippen MR) is 254 cm³/mol. The second kappa shape index (κ2) is 18.3. The minimum absolute atomic E-state index is 0.161. The van der Waals surface area contributed by atoms with Crippen LogP contribution in [0.4, 0.5) is 14.0 Å². The van der Waals surface area contributed by atoms with Crippen LogP contribution in [0.3, 0.4) is 0 Å². The average molecular weight is 958 g/mol. The normalized spacial score (nSPS) is 18.6. The van der Waals surface area contributed by atoms with Crippen LogP contribution >= 0.6 is 11.3 Å². The number of fused-ring (bicyclic) bond motifs is 6. The zero-order chi connectivity index (χ0) is 48.2. The maximum Gasteiger partial charge on any atom is 0.407 e. The van der Waals surface area contributed by atoms with Crippen molar-refractivity contribution in [2.24, 2.45) is 11.8 Å². The van der Waals surface area contributed by atoms with E-state index >= 15 is 4.39 Å². The number of nitrogens with zero attached hydrogens (tertiary/aromatic N) is 7. The Bertz CT molecular complexity index is 3090. The van der Waals surface area contributed by atoms with Crippen LogP contribution in [0.5, 0.6) is 5.75 Å². The number of halogens is 1. The molecule has 2 fully saturated rings. The third kappa shape index (κ3) is 8.29. The van der Waals surface area contributed by atoms with Crippen LogP contribution in [-0.2, 0) is 19.1 Å². The molecule has 358 valence electrons. The number of benzene rings is 2. The maximum atomic E-state index is 16.9. The van der Waals surface area contributed by atoms with Crippen molar-refractivity contribution in [1.82, 2.24) is 54.9 Å². The summed E-state index contributed by atoms with van der Waals surface area (Å²) in [6.07, 6.45) is 7.55. The number of H-pyrrole nitrogens is 2. The second-order valence-electron chi connectivity index (χ2n) is 18.3. The Labute approximate surface area is 400 Å². The van der Waals surface area contributed by atoms with E-state index in [-0.39, 0.29) is 35.7 Å². The molecule has 69 heavy (non-hydrogen) atoms. The number of hydrogen-bond acceptors (Lipinski definition) is 12. The summed E-state index contributed by atoms with van der Waals surface area (Å²) < 4.78 is 35.4. The molecular weight excluding hydrogens is 906 g/mol. The van der Waals surface area contributed by atoms with Crippen LogP contribution in [0.1, 0.15) is 88.2 Å². The third-order valence-corrected chi connectivity index (χ3v) is 14.4. The van der Waals surface area contributed by atoms with Crippen LogP contribution < -0.4 is 15.4 Å². The van der Waals surface area contributed by atoms with Crippen LogP contribution in [0.2, 0.25) is 0 Å². The molecular formula is C49H52FN11O7S. The quantitative estimate of drug-likeness (QED) is 0.0968. The molecule has 10 rings (SSSR count). The summed E-state index contributed by atoms with van der Waals surface area (Å²) in [5.41, 5.74) is 5.09. The largest absolute Gasteiger partial charge is 0.464 e. The molecule has 3 aliphatic heterocycles. The first-order valence-electron chi connectivity index (χ1n) is 23.1. The number of aromatic nitrogens is 7. The molecule has 4 N–H and O–H groups in total. The van der Waals surface area contributed by atoms with E-state index in [0.717, 1.165) is 50.2 Å². The van der Waals surface area contributed by atoms with Crippen LogP contribution in [-0.4, -0.2) is 108 Å². The van der Waals surface area contributed by atoms with Gasteiger partial charge in [-0.25, -0.2) is 28.9 Å². The van der Waals surface area contributed by atoms with Crippen molar-refractivity contribution < 1.29 is 37.8 Å². The maximum absolute atomic E-state index is 16.9. The van der Waals surface area contributed by atoms with Crippen molar-refractivity contribution in [2.45, 2.75) is 83.8 Å². The van der Waals surface area contributed by atoms with Crippen molar-refractivity contribution in [3.63, 3.8) is 0 Å². The van der Waals surface area contributed by atoms with Gasteiger partial charge in [0.25, 0.3) is 0 Å². The highest BCUT2D eigenvalue weighted by Crippen LogP contribution is 2.49. The molecule has 5 aromatic heterocycles. The topological polar surface area (TPSA) is 215 Å². The van der Waals surface area contributed by atoms with Gasteiger partial charge in [-0.15, -0.1) is 11.3 Å². The van der Waals surface area contributed by atoms with E-state index in [2.05, 4.69) is 30.6 Å². The first kappa shape index (κ1) is 45.4. The molecule has 4 amide bonds. The van der Waals surface area contributed by atoms with Gasteiger partial charge in [0, 0.05) is 42.0 Å². The lowest BCUT2D eigenvalue weighted by atomic mass is 10.0. The van der Waals surface area contributed by atoms with E-state index in [4.69, 9.17) is 24.2 Å². The lowest BCUT2D eigenvalue weighted by Gasteiger charge is -2.30. The van der Waals surface area contributed by atoms with Gasteiger partial charge in [0.2, 0.25) is 18.0 Å². The molecule has 0 saturated carbocycles. The molecule has 7 aromatic rings. The fraction of sp³-hybridized carbons (Fsp3) is 0.388. The van der Waals surface area contributed by atoms with Gasteiger partial charge in [-0.3, -0.25) is 19.1 Å². The lowest BCUT2D eigenvalue weighted by Crippen LogP contribution is -2.51. The molecule has 5 atom stereocenters. The number of likely N-dealkylation sites (tertiary alicyclic amines) is 2. The average Bonchev–Trinajstić information content (AvgIpc) is 4.21. The minimum atomic E-state index is -0.783. The van der Waals surface area contributed by atoms with Crippen molar-refractivity contribution in [1.29, 1.82) is 0 Å². The smallest absolute Gasteiger partial charge is 0.407 e. The van der Waals surface area contributed by atoms with E-state index in [9.17, 15) is 19.2 Å². The highest BCUT2D eigenvalue weighted by atomic mass is 32.1. The number of thiophene rings is 1. The Morgan fingerprint density at radius 3 is 1.94 bits per heavy atom. The molecule has 2 aromatic carbocycles. The van der Waals surface area contributed by atoms with Gasteiger partial charge in [0.1, 0.15) is 45.6 Å². The summed E-state index contributed by atoms with van der Waals surface area (Å²) in [5, 5.41) is 6.22. The molecule has 0 radical (unpaired) electrons. The first-order chi connectivity index (χ1) is 33.3. The summed E-state index contributed by atoms with van der Waals surface area (Å²) >= 11 is 1.45. The fourth-order valence-electron chi connectivity index (χ4n) is 9.89. The van der Waals surface area contributed by atoms with Gasteiger partial charge in [-0.2, -0.15) is 0 Å². The van der Waals surface area contributed by atoms with Crippen LogP contribution in [0.25, 0.3) is 55.0 Å². The fourth-order valence-corrected chi connectivity index (χ4v) is 10.9. The molecule has 0 bridgehead atoms. The molecule has 0 aliphatic carbocycles. The molecule has 20 heteroatoms. The molecule has 0 spiro atoms. The van der Waals surface area contributed by atoms with Gasteiger partial charge < -0.3 is 44.6 Å². The lowest BCUT2D eigenvalue weighted by molar-refractivity contribution is -0.136. The Balaban J connectivity index is 0.979. The number of methoxy groups -OCH3 is 2. The zero-order valence-electron chi connectivity index (χ0n) is 38.9. The second-order valence-corrected chi connectivity index (χ2v) is 19.4. The Hall–Kier alpha value is -7.35. The molecule has 2 saturated heterocycles. The number of alkyl carbamates (subject to hydrolysis) is 2. The standard InChI is InChI=1S/C49H52FN11O7S/c1-24(2)40(57-48(64)66-5)45(62)59-15-7-9-34(59)42-53-22-31(55-42)26-11-12-33-28(17-26)19-36-39-29(50)18-27(20-37(39)68-47(61(33)36)38-21-30-44(69-38)52-14-13-51-30)32-23-54-43(56-32)35-10-8-16-60(35)46(63)41(25(3)4)58-49(65)67-6/h11-14,17-25,34-35,40-41,47H,7-10,15-16H2,1-6H3,(H,53,55)(H,54,56)(H,57,64)(H,58,65)/t34-,35-,40-,41-,47?/m0/s1. The number of aromatic amines is 2. The van der Waals surface area contributed by atoms with Crippen molar-refractivity contribution in [3.05, 3.63) is 89.6 Å². The third-order valence-electron chi connectivity index (χ3n) is 13.3. The van der Waals surface area contributed by atoms with Crippen molar-refractivity contribution in [3.8, 4) is 39.5 Å². The Morgan fingerprint density at radius 1 is 0.768 bits per heavy atom. The van der Waals surface area contributed by atoms with Gasteiger partial charge in [0.05, 0.1) is 71.7 Å². The number of carbonyl (C=O) groups is 4. The first-order valence-corrected chi connectivity index (χ1v) is 23.9. The van der Waals surface area contributed by atoms with E-state index in [1.807, 2.05) is 68.7 Å². The highest BCUT2D eigenvalue weighted by molar-refractivity contribution is 7.18. The number of carbonyl (C=O) groups excluding carboxylic acids is 4. The van der Waals surface area contributed by atoms with E-state index in [1.165, 1.54) is 31.6 Å². The molecule has 1 unspecified atom stereocenters. The number of imidazole rings is 2. The van der Waals surface area contributed by atoms with Crippen molar-refractivity contribution >= 4 is 56.6 Å². The number of hydrogen-bond donors (Lipinski definition) is 4. The summed E-state index contributed by atoms with van der Waals surface area (Å²) in [7, 11) is 2.54. The number of nitrogens with one attached hydrogen (secondary N) is 4. The minimum Gasteiger partial charge on any atom is -0.464 e. The SMILES string of the molecule is COC(=O)N[C@H](C(=O)N1CCC[C@H]1c1ncc(-c2cc(F)c3c(c2)OC(c2cc4nccnc4s2)n2c-3cc3cc(-c4cnc([C@@H]5CCCN5C(=O)[C@@H](NC(=O)OC)C(C)C)[nH]4)ccc32)[nH]1)C(C)C. The molecule has 8 heterocycles. The van der Waals surface area contributed by atoms with Crippen molar-refractivity contribution in [2.75, 3.05) is 27.3 Å². The zero-order valence-corrected chi connectivity index (χ0v) is 39.7. The summed E-state index contributed by atoms with van der Waals surface area (Å²) in [5.74, 6) is 0.273. The summed E-state index contributed by atoms with van der Waals surface area (Å²) in [6, 6.07) is 11.0. The highest BCUT2D eigenvalue weighted by Gasteiger charge is 2.40. The molecule has 3 aliphatic rings. The van der Waals surface area contributed by atoms with Crippen LogP contribution in [0.15, 0.2) is 67.3 Å². The van der Waals surface area contributed by atoms with Crippen LogP contribution in [0, 0.1) is 17.7 Å². The summed E-state index contributed by atoms with van der Waals surface area (Å²) in [6.45, 7) is 8.52. The van der Waals surface area contributed by atoms with E-state index in [1.54, 1.807) is 34.6 Å².